The molecule has 0 aliphatic heterocycles. The van der Waals surface area contributed by atoms with Crippen molar-refractivity contribution in [1.29, 1.82) is 0 Å². The normalized spacial score (nSPS) is 12.0. The van der Waals surface area contributed by atoms with E-state index in [4.69, 9.17) is 15.0 Å². The summed E-state index contributed by atoms with van der Waals surface area (Å²) in [6, 6.07) is 46.1. The Balaban J connectivity index is 1.39. The van der Waals surface area contributed by atoms with Gasteiger partial charge in [-0.05, 0) is 24.3 Å². The monoisotopic (exact) mass is 576 g/mol. The molecular weight excluding hydrogens is 552 g/mol. The van der Waals surface area contributed by atoms with E-state index in [1.807, 2.05) is 60.7 Å². The van der Waals surface area contributed by atoms with Gasteiger partial charge in [-0.25, -0.2) is 4.98 Å². The molecule has 0 unspecified atom stereocenters. The predicted octanol–water partition coefficient (Wildman–Crippen LogP) is 9.57. The van der Waals surface area contributed by atoms with Crippen molar-refractivity contribution in [2.45, 2.75) is 0 Å². The molecule has 6 aromatic carbocycles. The molecule has 0 saturated heterocycles. The fourth-order valence-electron chi connectivity index (χ4n) is 6.94. The van der Waals surface area contributed by atoms with Crippen LogP contribution in [0.5, 0.6) is 0 Å². The molecule has 0 bridgehead atoms. The summed E-state index contributed by atoms with van der Waals surface area (Å²) < 4.78 is 2.20. The van der Waals surface area contributed by atoms with E-state index in [1.54, 1.807) is 0 Å². The van der Waals surface area contributed by atoms with E-state index in [-0.39, 0.29) is 0 Å². The van der Waals surface area contributed by atoms with Gasteiger partial charge in [-0.1, -0.05) is 109 Å². The van der Waals surface area contributed by atoms with Gasteiger partial charge in [-0.15, -0.1) is 0 Å². The Bertz CT molecular complexity index is 2570. The molecule has 45 heavy (non-hydrogen) atoms. The Morgan fingerprint density at radius 2 is 0.844 bits per heavy atom. The third-order valence-corrected chi connectivity index (χ3v) is 8.94. The van der Waals surface area contributed by atoms with E-state index in [0.717, 1.165) is 55.0 Å². The van der Waals surface area contributed by atoms with E-state index in [9.17, 15) is 0 Å². The molecule has 210 valence electrons. The van der Waals surface area contributed by atoms with E-state index in [2.05, 4.69) is 87.3 Å². The van der Waals surface area contributed by atoms with Crippen LogP contribution in [0.3, 0.4) is 0 Å². The summed E-state index contributed by atoms with van der Waals surface area (Å²) in [4.78, 5) is 22.8. The Kier molecular flexibility index (Phi) is 4.90. The number of hydrogen-bond acceptors (Lipinski definition) is 3. The van der Waals surface area contributed by atoms with Crippen LogP contribution in [0.4, 0.5) is 0 Å². The molecule has 0 spiro atoms. The van der Waals surface area contributed by atoms with Gasteiger partial charge >= 0.3 is 0 Å². The fourth-order valence-corrected chi connectivity index (χ4v) is 6.94. The lowest BCUT2D eigenvalue weighted by Crippen LogP contribution is -2.06. The Labute approximate surface area is 256 Å². The summed E-state index contributed by atoms with van der Waals surface area (Å²) in [5.41, 5.74) is 8.36. The molecular formula is C39H24N6. The highest BCUT2D eigenvalue weighted by Crippen LogP contribution is 2.42. The molecule has 0 aliphatic rings. The number of H-pyrrole nitrogens is 2. The highest BCUT2D eigenvalue weighted by atomic mass is 15.2. The van der Waals surface area contributed by atoms with Crippen molar-refractivity contribution < 1.29 is 0 Å². The Morgan fingerprint density at radius 3 is 1.33 bits per heavy atom. The van der Waals surface area contributed by atoms with E-state index in [1.165, 1.54) is 21.5 Å². The van der Waals surface area contributed by atoms with Crippen LogP contribution < -0.4 is 0 Å². The summed E-state index contributed by atoms with van der Waals surface area (Å²) >= 11 is 0. The molecule has 0 fully saturated rings. The SMILES string of the molecule is c1ccc(-c2nc(-c3ccccc3)nc(-n3c4ccc5c6ccccc6[nH]c5c4c4c5[nH]c6ccccc6c5ccc43)n2)cc1. The number of hydrogen-bond donors (Lipinski definition) is 2. The summed E-state index contributed by atoms with van der Waals surface area (Å²) in [5.74, 6) is 1.84. The zero-order valence-corrected chi connectivity index (χ0v) is 24.0. The zero-order chi connectivity index (χ0) is 29.5. The summed E-state index contributed by atoms with van der Waals surface area (Å²) in [5, 5.41) is 7.07. The second-order valence-electron chi connectivity index (χ2n) is 11.5. The van der Waals surface area contributed by atoms with Crippen molar-refractivity contribution >= 4 is 65.4 Å². The van der Waals surface area contributed by atoms with Gasteiger partial charge < -0.3 is 9.97 Å². The first kappa shape index (κ1) is 24.2. The van der Waals surface area contributed by atoms with Crippen molar-refractivity contribution in [3.8, 4) is 28.7 Å². The zero-order valence-electron chi connectivity index (χ0n) is 24.0. The molecule has 4 heterocycles. The first-order valence-electron chi connectivity index (χ1n) is 15.1. The Morgan fingerprint density at radius 1 is 0.400 bits per heavy atom. The van der Waals surface area contributed by atoms with Gasteiger partial charge in [-0.2, -0.15) is 9.97 Å². The quantitative estimate of drug-likeness (QED) is 0.220. The van der Waals surface area contributed by atoms with Crippen molar-refractivity contribution in [3.63, 3.8) is 0 Å². The molecule has 10 aromatic rings. The smallest absolute Gasteiger partial charge is 0.238 e. The third-order valence-electron chi connectivity index (χ3n) is 8.94. The lowest BCUT2D eigenvalue weighted by molar-refractivity contribution is 0.954. The summed E-state index contributed by atoms with van der Waals surface area (Å²) in [6.07, 6.45) is 0. The van der Waals surface area contributed by atoms with Crippen molar-refractivity contribution in [1.82, 2.24) is 29.5 Å². The summed E-state index contributed by atoms with van der Waals surface area (Å²) in [7, 11) is 0. The molecule has 6 nitrogen and oxygen atoms in total. The van der Waals surface area contributed by atoms with Gasteiger partial charge in [0.05, 0.1) is 22.1 Å². The topological polar surface area (TPSA) is 75.2 Å². The molecule has 10 rings (SSSR count). The number of para-hydroxylation sites is 2. The average molecular weight is 577 g/mol. The van der Waals surface area contributed by atoms with Crippen LogP contribution >= 0.6 is 0 Å². The van der Waals surface area contributed by atoms with Crippen molar-refractivity contribution in [3.05, 3.63) is 133 Å². The average Bonchev–Trinajstić information content (AvgIpc) is 3.78. The Hall–Kier alpha value is -6.27. The van der Waals surface area contributed by atoms with E-state index < -0.39 is 0 Å². The lowest BCUT2D eigenvalue weighted by Gasteiger charge is -2.11. The molecule has 0 radical (unpaired) electrons. The van der Waals surface area contributed by atoms with Gasteiger partial charge in [0.15, 0.2) is 11.6 Å². The fraction of sp³-hybridized carbons (Fsp3) is 0. The van der Waals surface area contributed by atoms with Gasteiger partial charge in [0.25, 0.3) is 0 Å². The van der Waals surface area contributed by atoms with Gasteiger partial charge in [0, 0.05) is 54.5 Å². The number of aromatic nitrogens is 6. The van der Waals surface area contributed by atoms with Crippen LogP contribution in [-0.2, 0) is 0 Å². The molecule has 4 aromatic heterocycles. The molecule has 0 atom stereocenters. The number of benzene rings is 6. The highest BCUT2D eigenvalue weighted by Gasteiger charge is 2.23. The molecule has 0 amide bonds. The molecule has 0 saturated carbocycles. The highest BCUT2D eigenvalue weighted by molar-refractivity contribution is 6.31. The molecule has 0 aliphatic carbocycles. The van der Waals surface area contributed by atoms with Crippen LogP contribution in [0.15, 0.2) is 133 Å². The van der Waals surface area contributed by atoms with Crippen LogP contribution in [0.2, 0.25) is 0 Å². The minimum Gasteiger partial charge on any atom is -0.354 e. The second kappa shape index (κ2) is 9.11. The predicted molar refractivity (Wildman–Crippen MR) is 184 cm³/mol. The van der Waals surface area contributed by atoms with Crippen LogP contribution in [-0.4, -0.2) is 29.5 Å². The van der Waals surface area contributed by atoms with Crippen LogP contribution in [0, 0.1) is 0 Å². The first-order valence-corrected chi connectivity index (χ1v) is 15.1. The van der Waals surface area contributed by atoms with Crippen LogP contribution in [0.1, 0.15) is 0 Å². The maximum Gasteiger partial charge on any atom is 0.238 e. The minimum atomic E-state index is 0.577. The third kappa shape index (κ3) is 3.48. The number of aromatic amines is 2. The van der Waals surface area contributed by atoms with E-state index >= 15 is 0 Å². The van der Waals surface area contributed by atoms with Gasteiger partial charge in [-0.3, -0.25) is 4.57 Å². The van der Waals surface area contributed by atoms with E-state index in [0.29, 0.717) is 17.6 Å². The standard InChI is InChI=1S/C39H24N6/c1-3-11-23(12-4-1)37-42-38(24-13-5-2-6-14-24)44-39(43-37)45-31-21-19-27-25-15-7-9-17-29(25)40-35(27)33(31)34-32(45)22-20-28-26-16-8-10-18-30(26)41-36(28)34/h1-22,40-41H. The maximum absolute atomic E-state index is 5.14. The minimum absolute atomic E-state index is 0.577. The largest absolute Gasteiger partial charge is 0.354 e. The van der Waals surface area contributed by atoms with Gasteiger partial charge in [0.2, 0.25) is 5.95 Å². The first-order chi connectivity index (χ1) is 22.3. The van der Waals surface area contributed by atoms with Crippen molar-refractivity contribution in [2.75, 3.05) is 0 Å². The number of fused-ring (bicyclic) bond motifs is 11. The number of rotatable bonds is 3. The van der Waals surface area contributed by atoms with Gasteiger partial charge in [0.1, 0.15) is 0 Å². The molecule has 6 heteroatoms. The summed E-state index contributed by atoms with van der Waals surface area (Å²) in [6.45, 7) is 0. The number of nitrogens with zero attached hydrogens (tertiary/aromatic N) is 4. The lowest BCUT2D eigenvalue weighted by atomic mass is 10.1. The number of nitrogens with one attached hydrogen (secondary N) is 2. The van der Waals surface area contributed by atoms with Crippen molar-refractivity contribution in [2.24, 2.45) is 0 Å². The second-order valence-corrected chi connectivity index (χ2v) is 11.5. The van der Waals surface area contributed by atoms with Crippen LogP contribution in [0.25, 0.3) is 94.1 Å². The maximum atomic E-state index is 5.14. The molecule has 2 N–H and O–H groups in total.